The second kappa shape index (κ2) is 8.12. The number of halogens is 1. The van der Waals surface area contributed by atoms with Crippen LogP contribution in [0.1, 0.15) is 13.3 Å². The predicted octanol–water partition coefficient (Wildman–Crippen LogP) is 3.33. The van der Waals surface area contributed by atoms with Crippen molar-refractivity contribution >= 4 is 27.7 Å². The minimum Gasteiger partial charge on any atom is -0.390 e. The lowest BCUT2D eigenvalue weighted by Gasteiger charge is -2.11. The van der Waals surface area contributed by atoms with E-state index in [1.54, 1.807) is 11.8 Å². The molecule has 2 nitrogen and oxygen atoms in total. The molecule has 4 heteroatoms. The molecule has 0 bridgehead atoms. The lowest BCUT2D eigenvalue weighted by molar-refractivity contribution is 0.0489. The van der Waals surface area contributed by atoms with E-state index in [4.69, 9.17) is 4.74 Å². The van der Waals surface area contributed by atoms with Gasteiger partial charge in [0.05, 0.1) is 12.7 Å². The number of ether oxygens (including phenoxy) is 1. The normalized spacial score (nSPS) is 12.7. The highest BCUT2D eigenvalue weighted by Gasteiger charge is 2.06. The van der Waals surface area contributed by atoms with Gasteiger partial charge in [0, 0.05) is 21.7 Å². The first-order valence-electron chi connectivity index (χ1n) is 5.37. The van der Waals surface area contributed by atoms with Crippen LogP contribution < -0.4 is 0 Å². The Labute approximate surface area is 110 Å². The van der Waals surface area contributed by atoms with Crippen molar-refractivity contribution in [2.45, 2.75) is 24.3 Å². The second-order valence-corrected chi connectivity index (χ2v) is 5.39. The minimum atomic E-state index is -0.399. The van der Waals surface area contributed by atoms with E-state index >= 15 is 0 Å². The van der Waals surface area contributed by atoms with Crippen LogP contribution in [0.3, 0.4) is 0 Å². The van der Waals surface area contributed by atoms with Gasteiger partial charge in [-0.2, -0.15) is 0 Å². The summed E-state index contributed by atoms with van der Waals surface area (Å²) in [7, 11) is 0. The first-order chi connectivity index (χ1) is 7.74. The summed E-state index contributed by atoms with van der Waals surface area (Å²) in [6.45, 7) is 3.20. The zero-order chi connectivity index (χ0) is 11.8. The van der Waals surface area contributed by atoms with Gasteiger partial charge >= 0.3 is 0 Å². The third-order valence-electron chi connectivity index (χ3n) is 1.93. The lowest BCUT2D eigenvalue weighted by atomic mass is 10.4. The molecule has 90 valence electrons. The van der Waals surface area contributed by atoms with Crippen molar-refractivity contribution in [1.82, 2.24) is 0 Å². The molecule has 1 atom stereocenters. The Morgan fingerprint density at radius 2 is 2.19 bits per heavy atom. The van der Waals surface area contributed by atoms with Gasteiger partial charge in [-0.3, -0.25) is 0 Å². The van der Waals surface area contributed by atoms with Crippen LogP contribution in [-0.4, -0.2) is 30.2 Å². The van der Waals surface area contributed by atoms with Crippen LogP contribution in [0.15, 0.2) is 33.6 Å². The lowest BCUT2D eigenvalue weighted by Crippen LogP contribution is -2.18. The summed E-state index contributed by atoms with van der Waals surface area (Å²) in [5.74, 6) is 0.659. The predicted molar refractivity (Wildman–Crippen MR) is 72.0 cm³/mol. The summed E-state index contributed by atoms with van der Waals surface area (Å²) in [6, 6.07) is 8.01. The topological polar surface area (TPSA) is 29.5 Å². The van der Waals surface area contributed by atoms with Crippen LogP contribution in [0, 0.1) is 0 Å². The van der Waals surface area contributed by atoms with Crippen molar-refractivity contribution in [2.24, 2.45) is 0 Å². The van der Waals surface area contributed by atoms with Gasteiger partial charge in [-0.1, -0.05) is 19.1 Å². The maximum Gasteiger partial charge on any atom is 0.0867 e. The molecule has 1 N–H and O–H groups in total. The molecule has 0 saturated carbocycles. The van der Waals surface area contributed by atoms with E-state index in [0.29, 0.717) is 12.4 Å². The Bertz CT molecular complexity index is 307. The summed E-state index contributed by atoms with van der Waals surface area (Å²) in [6.07, 6.45) is 0.591. The quantitative estimate of drug-likeness (QED) is 0.619. The molecule has 0 aliphatic carbocycles. The fraction of sp³-hybridized carbons (Fsp3) is 0.500. The van der Waals surface area contributed by atoms with Crippen molar-refractivity contribution in [2.75, 3.05) is 19.0 Å². The average molecular weight is 305 g/mol. The van der Waals surface area contributed by atoms with Crippen LogP contribution in [0.25, 0.3) is 0 Å². The van der Waals surface area contributed by atoms with Gasteiger partial charge in [-0.25, -0.2) is 0 Å². The van der Waals surface area contributed by atoms with E-state index in [-0.39, 0.29) is 0 Å². The van der Waals surface area contributed by atoms with Crippen molar-refractivity contribution in [3.63, 3.8) is 0 Å². The summed E-state index contributed by atoms with van der Waals surface area (Å²) in [5.41, 5.74) is 0. The second-order valence-electron chi connectivity index (χ2n) is 3.47. The molecule has 1 unspecified atom stereocenters. The number of rotatable bonds is 7. The van der Waals surface area contributed by atoms with Crippen molar-refractivity contribution in [3.05, 3.63) is 28.7 Å². The third-order valence-corrected chi connectivity index (χ3v) is 4.10. The zero-order valence-corrected chi connectivity index (χ0v) is 11.8. The number of thioether (sulfide) groups is 1. The van der Waals surface area contributed by atoms with Crippen LogP contribution >= 0.6 is 27.7 Å². The van der Waals surface area contributed by atoms with Crippen LogP contribution in [0.5, 0.6) is 0 Å². The molecule has 0 heterocycles. The van der Waals surface area contributed by atoms with Gasteiger partial charge < -0.3 is 9.84 Å². The van der Waals surface area contributed by atoms with E-state index in [0.717, 1.165) is 22.4 Å². The molecule has 0 saturated heterocycles. The number of hydrogen-bond donors (Lipinski definition) is 1. The Hall–Kier alpha value is -0.0300. The number of aliphatic hydroxyl groups is 1. The van der Waals surface area contributed by atoms with E-state index in [1.165, 1.54) is 0 Å². The molecule has 0 aliphatic heterocycles. The smallest absolute Gasteiger partial charge is 0.0867 e. The summed E-state index contributed by atoms with van der Waals surface area (Å²) < 4.78 is 6.36. The van der Waals surface area contributed by atoms with Gasteiger partial charge in [-0.15, -0.1) is 11.8 Å². The molecule has 0 spiro atoms. The molecular formula is C12H17BrO2S. The first kappa shape index (κ1) is 14.0. The Balaban J connectivity index is 2.26. The highest BCUT2D eigenvalue weighted by molar-refractivity contribution is 9.10. The van der Waals surface area contributed by atoms with Gasteiger partial charge in [0.1, 0.15) is 0 Å². The molecular weight excluding hydrogens is 288 g/mol. The highest BCUT2D eigenvalue weighted by Crippen LogP contribution is 2.27. The third kappa shape index (κ3) is 5.34. The largest absolute Gasteiger partial charge is 0.390 e. The fourth-order valence-electron chi connectivity index (χ4n) is 1.16. The summed E-state index contributed by atoms with van der Waals surface area (Å²) in [4.78, 5) is 1.15. The standard InChI is InChI=1S/C12H17BrO2S/c1-2-7-15-8-10(14)9-16-12-6-4-3-5-11(12)13/h3-6,10,14H,2,7-9H2,1H3. The van der Waals surface area contributed by atoms with Gasteiger partial charge in [0.15, 0.2) is 0 Å². The molecule has 0 amide bonds. The van der Waals surface area contributed by atoms with Crippen molar-refractivity contribution < 1.29 is 9.84 Å². The zero-order valence-electron chi connectivity index (χ0n) is 9.36. The van der Waals surface area contributed by atoms with Crippen molar-refractivity contribution in [3.8, 4) is 0 Å². The minimum absolute atomic E-state index is 0.399. The maximum atomic E-state index is 9.67. The highest BCUT2D eigenvalue weighted by atomic mass is 79.9. The first-order valence-corrected chi connectivity index (χ1v) is 7.15. The van der Waals surface area contributed by atoms with Gasteiger partial charge in [-0.05, 0) is 34.5 Å². The maximum absolute atomic E-state index is 9.67. The van der Waals surface area contributed by atoms with E-state index in [9.17, 15) is 5.11 Å². The Kier molecular flexibility index (Phi) is 7.12. The number of benzene rings is 1. The van der Waals surface area contributed by atoms with Crippen LogP contribution in [0.2, 0.25) is 0 Å². The van der Waals surface area contributed by atoms with Gasteiger partial charge in [0.25, 0.3) is 0 Å². The van der Waals surface area contributed by atoms with Crippen LogP contribution in [-0.2, 0) is 4.74 Å². The van der Waals surface area contributed by atoms with Crippen molar-refractivity contribution in [1.29, 1.82) is 0 Å². The monoisotopic (exact) mass is 304 g/mol. The molecule has 0 aromatic heterocycles. The average Bonchev–Trinajstić information content (AvgIpc) is 2.28. The molecule has 1 rings (SSSR count). The van der Waals surface area contributed by atoms with E-state index in [2.05, 4.69) is 22.9 Å². The Morgan fingerprint density at radius 1 is 1.44 bits per heavy atom. The molecule has 0 radical (unpaired) electrons. The molecule has 16 heavy (non-hydrogen) atoms. The Morgan fingerprint density at radius 3 is 2.88 bits per heavy atom. The molecule has 0 aliphatic rings. The van der Waals surface area contributed by atoms with Crippen LogP contribution in [0.4, 0.5) is 0 Å². The summed E-state index contributed by atoms with van der Waals surface area (Å²) in [5, 5.41) is 9.67. The van der Waals surface area contributed by atoms with E-state index in [1.807, 2.05) is 24.3 Å². The fourth-order valence-corrected chi connectivity index (χ4v) is 2.64. The SMILES string of the molecule is CCCOCC(O)CSc1ccccc1Br. The summed E-state index contributed by atoms with van der Waals surface area (Å²) >= 11 is 5.11. The van der Waals surface area contributed by atoms with E-state index < -0.39 is 6.10 Å². The number of aliphatic hydroxyl groups excluding tert-OH is 1. The molecule has 0 fully saturated rings. The van der Waals surface area contributed by atoms with Gasteiger partial charge in [0.2, 0.25) is 0 Å². The molecule has 1 aromatic rings. The molecule has 1 aromatic carbocycles. The number of hydrogen-bond acceptors (Lipinski definition) is 3.